The fourth-order valence-corrected chi connectivity index (χ4v) is 5.29. The predicted molar refractivity (Wildman–Crippen MR) is 132 cm³/mol. The molecule has 0 bridgehead atoms. The van der Waals surface area contributed by atoms with Crippen LogP contribution in [0.4, 0.5) is 5.69 Å². The molecule has 1 unspecified atom stereocenters. The number of carboxylic acids is 1. The molecule has 0 radical (unpaired) electrons. The third kappa shape index (κ3) is 5.50. The Bertz CT molecular complexity index is 1430. The van der Waals surface area contributed by atoms with Gasteiger partial charge in [-0.15, -0.1) is 0 Å². The first kappa shape index (κ1) is 26.3. The number of fused-ring (bicyclic) bond motifs is 1. The maximum absolute atomic E-state index is 13.3. The fourth-order valence-electron chi connectivity index (χ4n) is 3.49. The number of nitrogens with two attached hydrogens (primary N) is 2. The number of hydrogen-bond donors (Lipinski definition) is 5. The highest BCUT2D eigenvalue weighted by Gasteiger charge is 2.44. The monoisotopic (exact) mass is 512 g/mol. The van der Waals surface area contributed by atoms with Crippen molar-refractivity contribution in [1.82, 2.24) is 0 Å². The summed E-state index contributed by atoms with van der Waals surface area (Å²) in [6.45, 7) is 1.38. The average Bonchev–Trinajstić information content (AvgIpc) is 2.83. The molecule has 7 N–H and O–H groups in total. The van der Waals surface area contributed by atoms with Crippen LogP contribution in [0.25, 0.3) is 10.8 Å². The Morgan fingerprint density at radius 3 is 2.19 bits per heavy atom. The number of aliphatic carboxylic acids is 1. The summed E-state index contributed by atoms with van der Waals surface area (Å²) in [5, 5.41) is 18.2. The average molecular weight is 513 g/mol. The van der Waals surface area contributed by atoms with Crippen LogP contribution >= 0.6 is 0 Å². The molecule has 0 amide bonds. The van der Waals surface area contributed by atoms with Crippen molar-refractivity contribution in [3.05, 3.63) is 72.3 Å². The van der Waals surface area contributed by atoms with Gasteiger partial charge in [0.1, 0.15) is 17.9 Å². The van der Waals surface area contributed by atoms with Crippen molar-refractivity contribution in [2.24, 2.45) is 11.5 Å². The summed E-state index contributed by atoms with van der Waals surface area (Å²) in [6, 6.07) is 13.7. The van der Waals surface area contributed by atoms with Gasteiger partial charge in [-0.1, -0.05) is 36.4 Å². The van der Waals surface area contributed by atoms with E-state index in [9.17, 15) is 27.9 Å². The zero-order chi connectivity index (χ0) is 26.6. The molecular formula is C24H24N4O7S. The van der Waals surface area contributed by atoms with Crippen molar-refractivity contribution in [1.29, 1.82) is 5.41 Å². The Labute approximate surface area is 206 Å². The predicted octanol–water partition coefficient (Wildman–Crippen LogP) is 1.25. The summed E-state index contributed by atoms with van der Waals surface area (Å²) in [4.78, 5) is 36.6. The Hall–Kier alpha value is -4.29. The van der Waals surface area contributed by atoms with Crippen molar-refractivity contribution in [2.45, 2.75) is 29.2 Å². The van der Waals surface area contributed by atoms with E-state index in [2.05, 4.69) is 5.32 Å². The van der Waals surface area contributed by atoms with Crippen LogP contribution in [0.2, 0.25) is 0 Å². The minimum atomic E-state index is -4.67. The van der Waals surface area contributed by atoms with Gasteiger partial charge in [-0.25, -0.2) is 18.0 Å². The van der Waals surface area contributed by atoms with E-state index >= 15 is 0 Å². The van der Waals surface area contributed by atoms with Crippen molar-refractivity contribution in [3.8, 4) is 0 Å². The number of ether oxygens (including phenoxy) is 1. The van der Waals surface area contributed by atoms with Crippen LogP contribution in [0.5, 0.6) is 0 Å². The van der Waals surface area contributed by atoms with Gasteiger partial charge in [0.15, 0.2) is 15.1 Å². The summed E-state index contributed by atoms with van der Waals surface area (Å²) < 4.78 is 31.3. The van der Waals surface area contributed by atoms with E-state index in [1.807, 2.05) is 0 Å². The number of benzene rings is 3. The quantitative estimate of drug-likeness (QED) is 0.120. The van der Waals surface area contributed by atoms with E-state index in [0.717, 1.165) is 0 Å². The van der Waals surface area contributed by atoms with Crippen LogP contribution in [0.15, 0.2) is 71.6 Å². The molecule has 0 saturated carbocycles. The van der Waals surface area contributed by atoms with Crippen molar-refractivity contribution >= 4 is 50.0 Å². The third-order valence-corrected chi connectivity index (χ3v) is 7.50. The molecule has 0 fully saturated rings. The second kappa shape index (κ2) is 10.5. The lowest BCUT2D eigenvalue weighted by Gasteiger charge is -2.21. The van der Waals surface area contributed by atoms with Crippen LogP contribution in [0, 0.1) is 5.41 Å². The summed E-state index contributed by atoms with van der Waals surface area (Å²) in [6.07, 6.45) is 0. The molecule has 3 rings (SSSR count). The highest BCUT2D eigenvalue weighted by Crippen LogP contribution is 2.27. The summed E-state index contributed by atoms with van der Waals surface area (Å²) in [5.41, 5.74) is 12.0. The molecule has 3 aromatic rings. The van der Waals surface area contributed by atoms with E-state index < -0.39 is 45.1 Å². The van der Waals surface area contributed by atoms with Crippen molar-refractivity contribution < 1.29 is 32.6 Å². The normalized spacial score (nSPS) is 13.8. The van der Waals surface area contributed by atoms with Crippen LogP contribution in [0.3, 0.4) is 0 Å². The van der Waals surface area contributed by atoms with Gasteiger partial charge in [0, 0.05) is 16.6 Å². The van der Waals surface area contributed by atoms with E-state index in [0.29, 0.717) is 16.6 Å². The minimum Gasteiger partial charge on any atom is -0.480 e. The topological polar surface area (TPSA) is 203 Å². The van der Waals surface area contributed by atoms with Gasteiger partial charge >= 0.3 is 17.9 Å². The maximum Gasteiger partial charge on any atom is 0.335 e. The highest BCUT2D eigenvalue weighted by molar-refractivity contribution is 7.93. The lowest BCUT2D eigenvalue weighted by Crippen LogP contribution is -2.52. The molecule has 0 aliphatic rings. The van der Waals surface area contributed by atoms with Gasteiger partial charge in [-0.05, 0) is 42.6 Å². The molecule has 188 valence electrons. The number of nitrogens with one attached hydrogen (secondary N) is 2. The number of carbonyl (C=O) groups excluding carboxylic acids is 2. The molecular weight excluding hydrogens is 488 g/mol. The molecule has 0 aliphatic carbocycles. The number of esters is 2. The minimum absolute atomic E-state index is 0.139. The smallest absolute Gasteiger partial charge is 0.335 e. The van der Waals surface area contributed by atoms with Crippen molar-refractivity contribution in [2.75, 3.05) is 5.32 Å². The van der Waals surface area contributed by atoms with E-state index in [1.165, 1.54) is 25.1 Å². The zero-order valence-electron chi connectivity index (χ0n) is 19.0. The zero-order valence-corrected chi connectivity index (χ0v) is 19.9. The standard InChI is InChI=1S/C24H24N4O7S/c1-13(28-16-11-9-15(10-12-16)21(26)27)23(31)35-24(32)19(25)20(22(29)30)36(33,34)18-8-4-6-14-5-2-3-7-17(14)18/h2-13,19-20,28H,25H2,1H3,(H3,26,27)(H,29,30)/t13-,19+,20?/m1/s1. The first-order chi connectivity index (χ1) is 16.9. The third-order valence-electron chi connectivity index (χ3n) is 5.37. The fraction of sp³-hybridized carbons (Fsp3) is 0.167. The molecule has 36 heavy (non-hydrogen) atoms. The number of anilines is 1. The van der Waals surface area contributed by atoms with E-state index in [1.54, 1.807) is 48.5 Å². The van der Waals surface area contributed by atoms with Gasteiger partial charge < -0.3 is 26.6 Å². The van der Waals surface area contributed by atoms with Crippen LogP contribution in [-0.2, 0) is 29.0 Å². The maximum atomic E-state index is 13.3. The largest absolute Gasteiger partial charge is 0.480 e. The number of carboxylic acid groups (broad SMARTS) is 1. The molecule has 0 spiro atoms. The van der Waals surface area contributed by atoms with Crippen LogP contribution in [-0.4, -0.2) is 54.6 Å². The van der Waals surface area contributed by atoms with E-state index in [4.69, 9.17) is 21.6 Å². The molecule has 0 heterocycles. The number of carbonyl (C=O) groups is 3. The molecule has 0 aromatic heterocycles. The highest BCUT2D eigenvalue weighted by atomic mass is 32.2. The SMILES string of the molecule is C[C@@H](Nc1ccc(C(=N)N)cc1)C(=O)OC(=O)[C@@H](N)C(C(=O)O)S(=O)(=O)c1cccc2ccccc12. The Morgan fingerprint density at radius 2 is 1.58 bits per heavy atom. The molecule has 11 nitrogen and oxygen atoms in total. The summed E-state index contributed by atoms with van der Waals surface area (Å²) >= 11 is 0. The lowest BCUT2D eigenvalue weighted by atomic mass is 10.1. The number of hydrogen-bond acceptors (Lipinski definition) is 9. The number of nitrogen functional groups attached to an aromatic ring is 1. The first-order valence-corrected chi connectivity index (χ1v) is 12.1. The number of amidine groups is 1. The van der Waals surface area contributed by atoms with Crippen LogP contribution in [0.1, 0.15) is 12.5 Å². The Balaban J connectivity index is 1.78. The van der Waals surface area contributed by atoms with Gasteiger partial charge in [0.05, 0.1) is 4.90 Å². The molecule has 3 aromatic carbocycles. The second-order valence-electron chi connectivity index (χ2n) is 7.90. The van der Waals surface area contributed by atoms with Gasteiger partial charge in [0.25, 0.3) is 0 Å². The molecule has 0 aliphatic heterocycles. The Morgan fingerprint density at radius 1 is 0.972 bits per heavy atom. The summed E-state index contributed by atoms with van der Waals surface area (Å²) in [7, 11) is -4.67. The second-order valence-corrected chi connectivity index (χ2v) is 9.94. The van der Waals surface area contributed by atoms with Crippen molar-refractivity contribution in [3.63, 3.8) is 0 Å². The molecule has 3 atom stereocenters. The summed E-state index contributed by atoms with van der Waals surface area (Å²) in [5.74, 6) is -4.61. The first-order valence-electron chi connectivity index (χ1n) is 10.6. The van der Waals surface area contributed by atoms with Gasteiger partial charge in [-0.2, -0.15) is 0 Å². The Kier molecular flexibility index (Phi) is 7.71. The van der Waals surface area contributed by atoms with E-state index in [-0.39, 0.29) is 16.1 Å². The number of sulfone groups is 1. The van der Waals surface area contributed by atoms with Gasteiger partial charge in [-0.3, -0.25) is 10.2 Å². The lowest BCUT2D eigenvalue weighted by molar-refractivity contribution is -0.162. The molecule has 12 heteroatoms. The molecule has 0 saturated heterocycles. The number of rotatable bonds is 9. The van der Waals surface area contributed by atoms with Gasteiger partial charge in [0.2, 0.25) is 0 Å². The van der Waals surface area contributed by atoms with Crippen LogP contribution < -0.4 is 16.8 Å².